The number of phenols is 1. The van der Waals surface area contributed by atoms with Crippen molar-refractivity contribution in [2.45, 2.75) is 0 Å². The van der Waals surface area contributed by atoms with Gasteiger partial charge in [0.1, 0.15) is 11.4 Å². The van der Waals surface area contributed by atoms with Crippen LogP contribution in [-0.4, -0.2) is 14.2 Å². The second kappa shape index (κ2) is 3.87. The summed E-state index contributed by atoms with van der Waals surface area (Å²) in [7, 11) is 0. The van der Waals surface area contributed by atoms with Crippen molar-refractivity contribution in [2.75, 3.05) is 0 Å². The average Bonchev–Trinajstić information content (AvgIpc) is 3.02. The highest BCUT2D eigenvalue weighted by atomic mass is 16.3. The third-order valence-corrected chi connectivity index (χ3v) is 2.74. The maximum absolute atomic E-state index is 10.0. The molecule has 2 heterocycles. The van der Waals surface area contributed by atoms with E-state index in [4.69, 9.17) is 0 Å². The highest BCUT2D eigenvalue weighted by Crippen LogP contribution is 2.28. The zero-order chi connectivity index (χ0) is 11.7. The number of phenolic OH excluding ortho intramolecular Hbond substituents is 1. The lowest BCUT2D eigenvalue weighted by Gasteiger charge is -2.13. The molecule has 3 rings (SSSR count). The Labute approximate surface area is 99.2 Å². The molecule has 0 bridgehead atoms. The summed E-state index contributed by atoms with van der Waals surface area (Å²) >= 11 is 0. The molecule has 0 atom stereocenters. The number of hydrogen-bond acceptors (Lipinski definition) is 1. The number of aromatic hydroxyl groups is 1. The van der Waals surface area contributed by atoms with Crippen LogP contribution >= 0.6 is 0 Å². The van der Waals surface area contributed by atoms with E-state index in [9.17, 15) is 5.11 Å². The Hall–Kier alpha value is -2.42. The van der Waals surface area contributed by atoms with E-state index in [1.54, 1.807) is 6.07 Å². The van der Waals surface area contributed by atoms with Crippen LogP contribution in [0.3, 0.4) is 0 Å². The number of aromatic nitrogens is 2. The quantitative estimate of drug-likeness (QED) is 0.712. The zero-order valence-corrected chi connectivity index (χ0v) is 9.19. The zero-order valence-electron chi connectivity index (χ0n) is 9.19. The molecule has 0 unspecified atom stereocenters. The second-order valence-electron chi connectivity index (χ2n) is 3.83. The van der Waals surface area contributed by atoms with Crippen molar-refractivity contribution < 1.29 is 5.11 Å². The van der Waals surface area contributed by atoms with E-state index in [0.29, 0.717) is 0 Å². The van der Waals surface area contributed by atoms with Gasteiger partial charge in [0.05, 0.1) is 5.69 Å². The molecule has 0 aliphatic carbocycles. The minimum atomic E-state index is 0.271. The van der Waals surface area contributed by atoms with Crippen LogP contribution in [0.1, 0.15) is 0 Å². The first kappa shape index (κ1) is 9.78. The number of rotatable bonds is 2. The minimum Gasteiger partial charge on any atom is -0.506 e. The number of hydrogen-bond donors (Lipinski definition) is 1. The molecule has 17 heavy (non-hydrogen) atoms. The predicted octanol–water partition coefficient (Wildman–Crippen LogP) is 2.97. The summed E-state index contributed by atoms with van der Waals surface area (Å²) in [6.07, 6.45) is 7.76. The fraction of sp³-hybridized carbons (Fsp3) is 0. The summed E-state index contributed by atoms with van der Waals surface area (Å²) in [6.45, 7) is 0. The van der Waals surface area contributed by atoms with E-state index in [-0.39, 0.29) is 5.75 Å². The van der Waals surface area contributed by atoms with E-state index >= 15 is 0 Å². The monoisotopic (exact) mass is 224 g/mol. The molecule has 0 aliphatic heterocycles. The first-order valence-electron chi connectivity index (χ1n) is 5.45. The fourth-order valence-electron chi connectivity index (χ4n) is 1.97. The Kier molecular flexibility index (Phi) is 2.22. The van der Waals surface area contributed by atoms with Gasteiger partial charge in [-0.05, 0) is 36.4 Å². The van der Waals surface area contributed by atoms with Gasteiger partial charge in [0, 0.05) is 24.8 Å². The largest absolute Gasteiger partial charge is 0.506 e. The van der Waals surface area contributed by atoms with Crippen LogP contribution in [0, 0.1) is 0 Å². The Morgan fingerprint density at radius 2 is 1.29 bits per heavy atom. The van der Waals surface area contributed by atoms with E-state index in [1.165, 1.54) is 0 Å². The molecule has 0 radical (unpaired) electrons. The van der Waals surface area contributed by atoms with Gasteiger partial charge in [0.15, 0.2) is 0 Å². The summed E-state index contributed by atoms with van der Waals surface area (Å²) in [6, 6.07) is 13.3. The van der Waals surface area contributed by atoms with Gasteiger partial charge in [-0.2, -0.15) is 0 Å². The Morgan fingerprint density at radius 3 is 1.94 bits per heavy atom. The van der Waals surface area contributed by atoms with Gasteiger partial charge in [-0.15, -0.1) is 0 Å². The number of para-hydroxylation sites is 1. The topological polar surface area (TPSA) is 30.1 Å². The van der Waals surface area contributed by atoms with Crippen LogP contribution in [-0.2, 0) is 0 Å². The lowest BCUT2D eigenvalue weighted by atomic mass is 10.2. The number of nitrogens with zero attached hydrogens (tertiary/aromatic N) is 2. The van der Waals surface area contributed by atoms with Gasteiger partial charge >= 0.3 is 0 Å². The van der Waals surface area contributed by atoms with Crippen molar-refractivity contribution in [3.05, 3.63) is 67.3 Å². The molecule has 0 fully saturated rings. The van der Waals surface area contributed by atoms with Crippen molar-refractivity contribution in [2.24, 2.45) is 0 Å². The molecule has 1 N–H and O–H groups in total. The van der Waals surface area contributed by atoms with E-state index in [0.717, 1.165) is 11.4 Å². The van der Waals surface area contributed by atoms with Gasteiger partial charge in [-0.1, -0.05) is 6.07 Å². The molecular formula is C14H12N2O. The molecule has 1 aromatic carbocycles. The van der Waals surface area contributed by atoms with Crippen LogP contribution in [0.25, 0.3) is 11.4 Å². The molecule has 84 valence electrons. The predicted molar refractivity (Wildman–Crippen MR) is 66.8 cm³/mol. The van der Waals surface area contributed by atoms with Crippen LogP contribution < -0.4 is 0 Å². The first-order chi connectivity index (χ1) is 8.36. The van der Waals surface area contributed by atoms with Gasteiger partial charge in [-0.25, -0.2) is 0 Å². The van der Waals surface area contributed by atoms with Crippen LogP contribution in [0.5, 0.6) is 5.75 Å². The van der Waals surface area contributed by atoms with E-state index in [2.05, 4.69) is 0 Å². The van der Waals surface area contributed by atoms with Crippen LogP contribution in [0.15, 0.2) is 67.3 Å². The van der Waals surface area contributed by atoms with Crippen LogP contribution in [0.4, 0.5) is 0 Å². The highest BCUT2D eigenvalue weighted by Gasteiger charge is 2.09. The van der Waals surface area contributed by atoms with Crippen LogP contribution in [0.2, 0.25) is 0 Å². The molecule has 3 nitrogen and oxygen atoms in total. The van der Waals surface area contributed by atoms with Crippen molar-refractivity contribution in [1.82, 2.24) is 9.13 Å². The maximum Gasteiger partial charge on any atom is 0.141 e. The third kappa shape index (κ3) is 1.61. The van der Waals surface area contributed by atoms with E-state index in [1.807, 2.05) is 70.3 Å². The second-order valence-corrected chi connectivity index (χ2v) is 3.83. The van der Waals surface area contributed by atoms with Gasteiger partial charge in [-0.3, -0.25) is 0 Å². The summed E-state index contributed by atoms with van der Waals surface area (Å²) in [4.78, 5) is 0. The Morgan fingerprint density at radius 1 is 0.706 bits per heavy atom. The van der Waals surface area contributed by atoms with Crippen molar-refractivity contribution in [3.63, 3.8) is 0 Å². The molecule has 0 saturated heterocycles. The van der Waals surface area contributed by atoms with Crippen molar-refractivity contribution in [1.29, 1.82) is 0 Å². The molecule has 0 aliphatic rings. The summed E-state index contributed by atoms with van der Waals surface area (Å²) in [5.74, 6) is 0.271. The van der Waals surface area contributed by atoms with Gasteiger partial charge in [0.2, 0.25) is 0 Å². The SMILES string of the molecule is Oc1cccc(-n2cccc2)c1-n1cccc1. The molecule has 0 amide bonds. The highest BCUT2D eigenvalue weighted by molar-refractivity contribution is 5.60. The van der Waals surface area contributed by atoms with Gasteiger partial charge in [0.25, 0.3) is 0 Å². The first-order valence-corrected chi connectivity index (χ1v) is 5.45. The normalized spacial score (nSPS) is 10.6. The average molecular weight is 224 g/mol. The van der Waals surface area contributed by atoms with Crippen molar-refractivity contribution in [3.8, 4) is 17.1 Å². The lowest BCUT2D eigenvalue weighted by molar-refractivity contribution is 0.472. The lowest BCUT2D eigenvalue weighted by Crippen LogP contribution is -1.99. The molecule has 3 heteroatoms. The molecule has 3 aromatic rings. The molecule has 0 saturated carbocycles. The summed E-state index contributed by atoms with van der Waals surface area (Å²) < 4.78 is 3.89. The number of benzene rings is 1. The summed E-state index contributed by atoms with van der Waals surface area (Å²) in [5.41, 5.74) is 1.74. The smallest absolute Gasteiger partial charge is 0.141 e. The van der Waals surface area contributed by atoms with Gasteiger partial charge < -0.3 is 14.2 Å². The minimum absolute atomic E-state index is 0.271. The maximum atomic E-state index is 10.0. The standard InChI is InChI=1S/C14H12N2O/c17-13-7-5-6-12(15-8-1-2-9-15)14(13)16-10-3-4-11-16/h1-11,17H. The molecule has 2 aromatic heterocycles. The Bertz CT molecular complexity index is 610. The van der Waals surface area contributed by atoms with E-state index < -0.39 is 0 Å². The fourth-order valence-corrected chi connectivity index (χ4v) is 1.97. The third-order valence-electron chi connectivity index (χ3n) is 2.74. The molecular weight excluding hydrogens is 212 g/mol. The van der Waals surface area contributed by atoms with Crippen molar-refractivity contribution >= 4 is 0 Å². The summed E-state index contributed by atoms with van der Waals surface area (Å²) in [5, 5.41) is 10.0. The Balaban J connectivity index is 2.26. The molecule has 0 spiro atoms.